The normalized spacial score (nSPS) is 13.0. The van der Waals surface area contributed by atoms with Crippen molar-refractivity contribution in [3.05, 3.63) is 35.2 Å². The van der Waals surface area contributed by atoms with E-state index in [1.54, 1.807) is 12.1 Å². The van der Waals surface area contributed by atoms with Crippen molar-refractivity contribution in [1.29, 1.82) is 5.26 Å². The van der Waals surface area contributed by atoms with Gasteiger partial charge in [-0.2, -0.15) is 19.6 Å². The number of anilines is 1. The number of fused-ring (bicyclic) bond motifs is 2. The summed E-state index contributed by atoms with van der Waals surface area (Å²) < 4.78 is 26.9. The summed E-state index contributed by atoms with van der Waals surface area (Å²) in [6.07, 6.45) is -0.578. The molecule has 1 aliphatic heterocycles. The summed E-state index contributed by atoms with van der Waals surface area (Å²) in [4.78, 5) is 12.1. The third kappa shape index (κ3) is 4.36. The zero-order chi connectivity index (χ0) is 22.0. The predicted octanol–water partition coefficient (Wildman–Crippen LogP) is 2.03. The van der Waals surface area contributed by atoms with Crippen LogP contribution in [0.5, 0.6) is 11.5 Å². The first-order valence-electron chi connectivity index (χ1n) is 10.2. The van der Waals surface area contributed by atoms with Gasteiger partial charge in [-0.25, -0.2) is 4.98 Å². The smallest absolute Gasteiger partial charge is 0.312 e. The van der Waals surface area contributed by atoms with Crippen LogP contribution in [0.4, 0.5) is 10.2 Å². The molecule has 2 aromatic heterocycles. The zero-order valence-corrected chi connectivity index (χ0v) is 17.5. The molecule has 0 atom stereocenters. The molecular formula is C21H24FN7O2. The van der Waals surface area contributed by atoms with Gasteiger partial charge in [-0.15, -0.1) is 0 Å². The molecule has 9 nitrogen and oxygen atoms in total. The minimum Gasteiger partial charge on any atom is -0.486 e. The summed E-state index contributed by atoms with van der Waals surface area (Å²) in [5.74, 6) is 2.24. The van der Waals surface area contributed by atoms with E-state index in [9.17, 15) is 9.65 Å². The largest absolute Gasteiger partial charge is 0.486 e. The Kier molecular flexibility index (Phi) is 5.86. The molecule has 1 aliphatic rings. The molecule has 31 heavy (non-hydrogen) atoms. The summed E-state index contributed by atoms with van der Waals surface area (Å²) in [6, 6.07) is 5.68. The average molecular weight is 425 g/mol. The van der Waals surface area contributed by atoms with E-state index >= 15 is 0 Å². The number of imidazole rings is 1. The fraction of sp³-hybridized carbons (Fsp3) is 0.429. The number of aromatic nitrogens is 4. The van der Waals surface area contributed by atoms with Gasteiger partial charge in [0.15, 0.2) is 28.5 Å². The molecule has 0 bridgehead atoms. The van der Waals surface area contributed by atoms with Gasteiger partial charge in [-0.3, -0.25) is 0 Å². The molecular weight excluding hydrogens is 401 g/mol. The van der Waals surface area contributed by atoms with E-state index in [4.69, 9.17) is 15.2 Å². The van der Waals surface area contributed by atoms with Gasteiger partial charge in [0.2, 0.25) is 0 Å². The lowest BCUT2D eigenvalue weighted by atomic mass is 10.0. The summed E-state index contributed by atoms with van der Waals surface area (Å²) in [7, 11) is 0. The number of ether oxygens (including phenoxy) is 2. The van der Waals surface area contributed by atoms with Gasteiger partial charge in [0.05, 0.1) is 11.6 Å². The number of halogens is 1. The van der Waals surface area contributed by atoms with Crippen molar-refractivity contribution in [3.8, 4) is 17.6 Å². The molecule has 0 aliphatic carbocycles. The second kappa shape index (κ2) is 8.73. The Labute approximate surface area is 179 Å². The van der Waals surface area contributed by atoms with E-state index in [1.165, 1.54) is 0 Å². The molecule has 0 fully saturated rings. The maximum Gasteiger partial charge on any atom is 0.312 e. The molecule has 1 aromatic carbocycles. The topological polar surface area (TPSA) is 124 Å². The molecule has 0 unspecified atom stereocenters. The number of nitriles is 1. The third-order valence-electron chi connectivity index (χ3n) is 4.98. The number of nitrogen functional groups attached to an aromatic ring is 1. The highest BCUT2D eigenvalue weighted by Crippen LogP contribution is 2.34. The van der Waals surface area contributed by atoms with Gasteiger partial charge >= 0.3 is 6.08 Å². The molecule has 162 valence electrons. The Bertz CT molecular complexity index is 1150. The van der Waals surface area contributed by atoms with Crippen LogP contribution in [-0.2, 0) is 13.0 Å². The minimum atomic E-state index is -0.898. The lowest BCUT2D eigenvalue weighted by Crippen LogP contribution is -2.25. The quantitative estimate of drug-likeness (QED) is 0.435. The molecule has 3 heterocycles. The van der Waals surface area contributed by atoms with Crippen molar-refractivity contribution >= 4 is 17.0 Å². The predicted molar refractivity (Wildman–Crippen MR) is 112 cm³/mol. The zero-order valence-electron chi connectivity index (χ0n) is 17.5. The highest BCUT2D eigenvalue weighted by molar-refractivity contribution is 5.82. The van der Waals surface area contributed by atoms with Crippen LogP contribution < -0.4 is 20.5 Å². The second-order valence-electron chi connectivity index (χ2n) is 7.77. The molecule has 0 amide bonds. The molecule has 0 saturated heterocycles. The Morgan fingerprint density at radius 3 is 2.68 bits per heavy atom. The Balaban J connectivity index is 1.72. The monoisotopic (exact) mass is 425 g/mol. The number of benzene rings is 1. The first-order valence-corrected chi connectivity index (χ1v) is 10.2. The lowest BCUT2D eigenvalue weighted by Gasteiger charge is -2.20. The van der Waals surface area contributed by atoms with Crippen LogP contribution in [0.2, 0.25) is 0 Å². The number of nitrogens with two attached hydrogens (primary N) is 1. The molecule has 10 heteroatoms. The summed E-state index contributed by atoms with van der Waals surface area (Å²) in [5, 5.41) is 13.0. The molecule has 0 radical (unpaired) electrons. The highest BCUT2D eigenvalue weighted by atomic mass is 19.1. The number of nitrogens with zero attached hydrogens (tertiary/aromatic N) is 5. The molecule has 4 rings (SSSR count). The molecule has 3 N–H and O–H groups in total. The molecule has 0 saturated carbocycles. The molecule has 0 spiro atoms. The standard InChI is InChI=1S/C21H24FN7O2/c1-12(2)11-25-3-4-29-17(26-18-19(24)27-21(22)28-20(18)29)9-13-7-15-16(8-14(13)10-23)31-6-5-30-15/h7-8,12,25H,3-6,9,11H2,1-2H3,(H2,24,27,28). The van der Waals surface area contributed by atoms with Gasteiger partial charge < -0.3 is 25.1 Å². The van der Waals surface area contributed by atoms with Crippen LogP contribution in [0.3, 0.4) is 0 Å². The van der Waals surface area contributed by atoms with E-state index in [0.29, 0.717) is 72.7 Å². The summed E-state index contributed by atoms with van der Waals surface area (Å²) in [5.41, 5.74) is 7.77. The maximum absolute atomic E-state index is 13.9. The van der Waals surface area contributed by atoms with Crippen molar-refractivity contribution < 1.29 is 13.9 Å². The Morgan fingerprint density at radius 1 is 1.23 bits per heavy atom. The van der Waals surface area contributed by atoms with Crippen molar-refractivity contribution in [2.24, 2.45) is 5.92 Å². The van der Waals surface area contributed by atoms with Crippen LogP contribution in [0, 0.1) is 23.3 Å². The SMILES string of the molecule is CC(C)CNCCn1c(Cc2cc3c(cc2C#N)OCCO3)nc2c(N)nc(F)nc21. The third-order valence-corrected chi connectivity index (χ3v) is 4.98. The van der Waals surface area contributed by atoms with Crippen LogP contribution in [0.1, 0.15) is 30.8 Å². The lowest BCUT2D eigenvalue weighted by molar-refractivity contribution is 0.171. The molecule has 3 aromatic rings. The van der Waals surface area contributed by atoms with Crippen LogP contribution in [0.25, 0.3) is 11.2 Å². The van der Waals surface area contributed by atoms with Crippen LogP contribution in [0.15, 0.2) is 12.1 Å². The second-order valence-corrected chi connectivity index (χ2v) is 7.77. The van der Waals surface area contributed by atoms with E-state index in [1.807, 2.05) is 4.57 Å². The van der Waals surface area contributed by atoms with Gasteiger partial charge in [0.1, 0.15) is 19.0 Å². The average Bonchev–Trinajstić information content (AvgIpc) is 3.08. The summed E-state index contributed by atoms with van der Waals surface area (Å²) in [6.45, 7) is 7.16. The number of nitrogens with one attached hydrogen (secondary N) is 1. The number of hydrogen-bond donors (Lipinski definition) is 2. The first-order chi connectivity index (χ1) is 15.0. The van der Waals surface area contributed by atoms with E-state index in [-0.39, 0.29) is 5.82 Å². The fourth-order valence-corrected chi connectivity index (χ4v) is 3.54. The highest BCUT2D eigenvalue weighted by Gasteiger charge is 2.21. The number of hydrogen-bond acceptors (Lipinski definition) is 8. The number of rotatable bonds is 7. The summed E-state index contributed by atoms with van der Waals surface area (Å²) >= 11 is 0. The fourth-order valence-electron chi connectivity index (χ4n) is 3.54. The van der Waals surface area contributed by atoms with E-state index in [2.05, 4.69) is 40.2 Å². The van der Waals surface area contributed by atoms with Gasteiger partial charge in [0, 0.05) is 25.6 Å². The van der Waals surface area contributed by atoms with Crippen molar-refractivity contribution in [2.75, 3.05) is 32.0 Å². The van der Waals surface area contributed by atoms with E-state index in [0.717, 1.165) is 12.1 Å². The van der Waals surface area contributed by atoms with Gasteiger partial charge in [-0.1, -0.05) is 13.8 Å². The van der Waals surface area contributed by atoms with Crippen LogP contribution >= 0.6 is 0 Å². The van der Waals surface area contributed by atoms with Crippen molar-refractivity contribution in [2.45, 2.75) is 26.8 Å². The Hall–Kier alpha value is -3.45. The van der Waals surface area contributed by atoms with Crippen molar-refractivity contribution in [3.63, 3.8) is 0 Å². The van der Waals surface area contributed by atoms with Crippen LogP contribution in [-0.4, -0.2) is 45.8 Å². The maximum atomic E-state index is 13.9. The van der Waals surface area contributed by atoms with Gasteiger partial charge in [0.25, 0.3) is 0 Å². The van der Waals surface area contributed by atoms with E-state index < -0.39 is 6.08 Å². The Morgan fingerprint density at radius 2 is 1.97 bits per heavy atom. The first kappa shape index (κ1) is 20.8. The van der Waals surface area contributed by atoms with Gasteiger partial charge in [-0.05, 0) is 24.1 Å². The minimum absolute atomic E-state index is 0.0136. The van der Waals surface area contributed by atoms with Crippen molar-refractivity contribution in [1.82, 2.24) is 24.8 Å².